The lowest BCUT2D eigenvalue weighted by molar-refractivity contribution is 0.259. The summed E-state index contributed by atoms with van der Waals surface area (Å²) >= 11 is 0. The van der Waals surface area contributed by atoms with Crippen molar-refractivity contribution in [1.29, 1.82) is 0 Å². The first kappa shape index (κ1) is 13.0. The van der Waals surface area contributed by atoms with Crippen molar-refractivity contribution in [2.24, 2.45) is 5.73 Å². The van der Waals surface area contributed by atoms with E-state index in [2.05, 4.69) is 10.6 Å². The molecule has 0 spiro atoms. The second kappa shape index (κ2) is 5.48. The van der Waals surface area contributed by atoms with Gasteiger partial charge in [0, 0.05) is 11.4 Å². The van der Waals surface area contributed by atoms with E-state index in [-0.39, 0.29) is 6.04 Å². The number of amides is 2. The number of nitrogens with one attached hydrogen (secondary N) is 2. The molecule has 1 heterocycles. The normalized spacial score (nSPS) is 11.9. The van der Waals surface area contributed by atoms with Gasteiger partial charge in [0.25, 0.3) is 0 Å². The molecule has 0 radical (unpaired) electrons. The Labute approximate surface area is 111 Å². The molecule has 0 aliphatic rings. The number of carbonyl (C=O) groups is 1. The van der Waals surface area contributed by atoms with Crippen LogP contribution in [0.4, 0.5) is 16.2 Å². The summed E-state index contributed by atoms with van der Waals surface area (Å²) in [4.78, 5) is 10.8. The van der Waals surface area contributed by atoms with Crippen LogP contribution in [0.1, 0.15) is 24.5 Å². The second-order valence-corrected chi connectivity index (χ2v) is 4.38. The number of benzene rings is 1. The quantitative estimate of drug-likeness (QED) is 0.788. The molecule has 0 bridgehead atoms. The predicted octanol–water partition coefficient (Wildman–Crippen LogP) is 3.25. The van der Waals surface area contributed by atoms with Crippen molar-refractivity contribution in [3.8, 4) is 0 Å². The number of hydrogen-bond donors (Lipinski definition) is 3. The predicted molar refractivity (Wildman–Crippen MR) is 75.1 cm³/mol. The maximum atomic E-state index is 10.8. The van der Waals surface area contributed by atoms with Crippen LogP contribution in [0.3, 0.4) is 0 Å². The summed E-state index contributed by atoms with van der Waals surface area (Å²) in [6.07, 6.45) is 0. The molecule has 100 valence electrons. The fourth-order valence-electron chi connectivity index (χ4n) is 1.84. The Balaban J connectivity index is 2.08. The second-order valence-electron chi connectivity index (χ2n) is 4.38. The van der Waals surface area contributed by atoms with Gasteiger partial charge in [-0.25, -0.2) is 4.79 Å². The molecular weight excluding hydrogens is 242 g/mol. The summed E-state index contributed by atoms with van der Waals surface area (Å²) in [5.41, 5.74) is 6.62. The van der Waals surface area contributed by atoms with Gasteiger partial charge < -0.3 is 20.8 Å². The third-order valence-electron chi connectivity index (χ3n) is 2.70. The smallest absolute Gasteiger partial charge is 0.316 e. The molecule has 0 saturated carbocycles. The average Bonchev–Trinajstić information content (AvgIpc) is 2.75. The third kappa shape index (κ3) is 3.51. The van der Waals surface area contributed by atoms with Gasteiger partial charge in [0.15, 0.2) is 0 Å². The van der Waals surface area contributed by atoms with Crippen molar-refractivity contribution in [2.75, 3.05) is 10.6 Å². The molecule has 0 aliphatic heterocycles. The number of furan rings is 1. The van der Waals surface area contributed by atoms with Gasteiger partial charge in [-0.2, -0.15) is 0 Å². The third-order valence-corrected chi connectivity index (χ3v) is 2.70. The van der Waals surface area contributed by atoms with E-state index in [9.17, 15) is 4.79 Å². The molecule has 0 saturated heterocycles. The van der Waals surface area contributed by atoms with Crippen LogP contribution >= 0.6 is 0 Å². The lowest BCUT2D eigenvalue weighted by Gasteiger charge is -2.14. The first-order valence-corrected chi connectivity index (χ1v) is 6.04. The Bertz CT molecular complexity index is 578. The zero-order valence-electron chi connectivity index (χ0n) is 10.9. The molecule has 1 aromatic carbocycles. The van der Waals surface area contributed by atoms with E-state index >= 15 is 0 Å². The van der Waals surface area contributed by atoms with Crippen molar-refractivity contribution < 1.29 is 9.21 Å². The van der Waals surface area contributed by atoms with Gasteiger partial charge in [-0.05, 0) is 44.2 Å². The zero-order valence-corrected chi connectivity index (χ0v) is 10.9. The van der Waals surface area contributed by atoms with Crippen molar-refractivity contribution >= 4 is 17.4 Å². The van der Waals surface area contributed by atoms with Gasteiger partial charge >= 0.3 is 6.03 Å². The lowest BCUT2D eigenvalue weighted by Crippen LogP contribution is -2.19. The number of rotatable bonds is 4. The Morgan fingerprint density at radius 2 is 2.00 bits per heavy atom. The number of aryl methyl sites for hydroxylation is 1. The molecule has 2 rings (SSSR count). The molecule has 1 aromatic heterocycles. The summed E-state index contributed by atoms with van der Waals surface area (Å²) in [5, 5.41) is 5.84. The number of urea groups is 1. The first-order chi connectivity index (χ1) is 9.04. The fourth-order valence-corrected chi connectivity index (χ4v) is 1.84. The molecule has 19 heavy (non-hydrogen) atoms. The highest BCUT2D eigenvalue weighted by atomic mass is 16.3. The van der Waals surface area contributed by atoms with Crippen LogP contribution in [0.2, 0.25) is 0 Å². The van der Waals surface area contributed by atoms with Crippen LogP contribution in [0.5, 0.6) is 0 Å². The topological polar surface area (TPSA) is 80.3 Å². The van der Waals surface area contributed by atoms with E-state index in [1.54, 1.807) is 6.07 Å². The van der Waals surface area contributed by atoms with Crippen molar-refractivity contribution in [3.63, 3.8) is 0 Å². The lowest BCUT2D eigenvalue weighted by atomic mass is 10.2. The largest absolute Gasteiger partial charge is 0.464 e. The van der Waals surface area contributed by atoms with Crippen LogP contribution in [0.25, 0.3) is 0 Å². The van der Waals surface area contributed by atoms with Crippen LogP contribution in [0.15, 0.2) is 40.8 Å². The SMILES string of the molecule is Cc1ccc(C(C)Nc2cccc(NC(N)=O)c2)o1. The number of carbonyl (C=O) groups excluding carboxylic acids is 1. The van der Waals surface area contributed by atoms with Gasteiger partial charge in [-0.1, -0.05) is 6.07 Å². The van der Waals surface area contributed by atoms with Crippen LogP contribution in [-0.2, 0) is 0 Å². The maximum Gasteiger partial charge on any atom is 0.316 e. The number of nitrogens with two attached hydrogens (primary N) is 1. The molecule has 2 amide bonds. The standard InChI is InChI=1S/C14H17N3O2/c1-9-6-7-13(19-9)10(2)16-11-4-3-5-12(8-11)17-14(15)18/h3-8,10,16H,1-2H3,(H3,15,17,18). The van der Waals surface area contributed by atoms with E-state index in [4.69, 9.17) is 10.2 Å². The summed E-state index contributed by atoms with van der Waals surface area (Å²) in [6, 6.07) is 10.7. The van der Waals surface area contributed by atoms with Crippen molar-refractivity contribution in [2.45, 2.75) is 19.9 Å². The monoisotopic (exact) mass is 259 g/mol. The van der Waals surface area contributed by atoms with E-state index in [0.29, 0.717) is 5.69 Å². The van der Waals surface area contributed by atoms with Gasteiger partial charge in [-0.3, -0.25) is 0 Å². The van der Waals surface area contributed by atoms with Crippen molar-refractivity contribution in [1.82, 2.24) is 0 Å². The van der Waals surface area contributed by atoms with E-state index in [1.807, 2.05) is 44.2 Å². The fraction of sp³-hybridized carbons (Fsp3) is 0.214. The van der Waals surface area contributed by atoms with Crippen LogP contribution in [0, 0.1) is 6.92 Å². The Morgan fingerprint density at radius 3 is 2.63 bits per heavy atom. The minimum Gasteiger partial charge on any atom is -0.464 e. The Kier molecular flexibility index (Phi) is 3.75. The summed E-state index contributed by atoms with van der Waals surface area (Å²) in [7, 11) is 0. The maximum absolute atomic E-state index is 10.8. The molecule has 1 unspecified atom stereocenters. The summed E-state index contributed by atoms with van der Waals surface area (Å²) in [5.74, 6) is 1.75. The average molecular weight is 259 g/mol. The van der Waals surface area contributed by atoms with Gasteiger partial charge in [0.2, 0.25) is 0 Å². The van der Waals surface area contributed by atoms with Gasteiger partial charge in [0.05, 0.1) is 6.04 Å². The van der Waals surface area contributed by atoms with E-state index in [1.165, 1.54) is 0 Å². The molecule has 1 atom stereocenters. The number of hydrogen-bond acceptors (Lipinski definition) is 3. The molecule has 5 nitrogen and oxygen atoms in total. The number of primary amides is 1. The molecule has 0 fully saturated rings. The Morgan fingerprint density at radius 1 is 1.26 bits per heavy atom. The summed E-state index contributed by atoms with van der Waals surface area (Å²) in [6.45, 7) is 3.92. The minimum atomic E-state index is -0.577. The van der Waals surface area contributed by atoms with Crippen LogP contribution < -0.4 is 16.4 Å². The van der Waals surface area contributed by atoms with Crippen molar-refractivity contribution in [3.05, 3.63) is 47.9 Å². The highest BCUT2D eigenvalue weighted by Crippen LogP contribution is 2.22. The number of anilines is 2. The molecule has 0 aliphatic carbocycles. The highest BCUT2D eigenvalue weighted by Gasteiger charge is 2.09. The van der Waals surface area contributed by atoms with Gasteiger partial charge in [-0.15, -0.1) is 0 Å². The summed E-state index contributed by atoms with van der Waals surface area (Å²) < 4.78 is 5.56. The molecule has 5 heteroatoms. The highest BCUT2D eigenvalue weighted by molar-refractivity contribution is 5.88. The molecule has 2 aromatic rings. The minimum absolute atomic E-state index is 0.0394. The first-order valence-electron chi connectivity index (χ1n) is 6.04. The molecular formula is C14H17N3O2. The zero-order chi connectivity index (χ0) is 13.8. The van der Waals surface area contributed by atoms with E-state index in [0.717, 1.165) is 17.2 Å². The van der Waals surface area contributed by atoms with Crippen LogP contribution in [-0.4, -0.2) is 6.03 Å². The molecule has 4 N–H and O–H groups in total. The Hall–Kier alpha value is -2.43. The van der Waals surface area contributed by atoms with Gasteiger partial charge in [0.1, 0.15) is 11.5 Å². The van der Waals surface area contributed by atoms with E-state index < -0.39 is 6.03 Å².